The lowest BCUT2D eigenvalue weighted by Crippen LogP contribution is -2.45. The molecule has 9 heteroatoms. The van der Waals surface area contributed by atoms with Gasteiger partial charge in [-0.15, -0.1) is 11.8 Å². The average molecular weight is 337 g/mol. The van der Waals surface area contributed by atoms with Gasteiger partial charge in [0, 0.05) is 18.8 Å². The van der Waals surface area contributed by atoms with Crippen LogP contribution in [0.1, 0.15) is 0 Å². The van der Waals surface area contributed by atoms with Gasteiger partial charge in [-0.3, -0.25) is 4.79 Å². The van der Waals surface area contributed by atoms with Crippen LogP contribution in [0.15, 0.2) is 23.1 Å². The molecule has 0 saturated carbocycles. The maximum Gasteiger partial charge on any atom is 0.320 e. The van der Waals surface area contributed by atoms with Gasteiger partial charge >= 0.3 is 5.97 Å². The molecular formula is C12H13F2NO4S2. The highest BCUT2D eigenvalue weighted by Crippen LogP contribution is 2.26. The van der Waals surface area contributed by atoms with E-state index in [4.69, 9.17) is 0 Å². The second-order valence-electron chi connectivity index (χ2n) is 4.32. The Bertz CT molecular complexity index is 651. The molecule has 1 saturated heterocycles. The van der Waals surface area contributed by atoms with Crippen LogP contribution in [0.2, 0.25) is 0 Å². The van der Waals surface area contributed by atoms with Crippen LogP contribution in [-0.2, 0) is 19.6 Å². The topological polar surface area (TPSA) is 63.7 Å². The molecule has 1 aromatic rings. The van der Waals surface area contributed by atoms with Crippen molar-refractivity contribution in [1.29, 1.82) is 0 Å². The van der Waals surface area contributed by atoms with Gasteiger partial charge in [-0.1, -0.05) is 0 Å². The molecular weight excluding hydrogens is 324 g/mol. The molecule has 116 valence electrons. The van der Waals surface area contributed by atoms with Gasteiger partial charge in [-0.05, 0) is 18.2 Å². The number of esters is 1. The van der Waals surface area contributed by atoms with Crippen molar-refractivity contribution >= 4 is 27.8 Å². The number of carbonyl (C=O) groups excluding carboxylic acids is 1. The highest BCUT2D eigenvalue weighted by Gasteiger charge is 2.35. The Hall–Kier alpha value is -1.19. The Labute approximate surface area is 125 Å². The summed E-state index contributed by atoms with van der Waals surface area (Å²) in [6.45, 7) is -0.00786. The van der Waals surface area contributed by atoms with Gasteiger partial charge in [-0.25, -0.2) is 17.2 Å². The van der Waals surface area contributed by atoms with Crippen molar-refractivity contribution in [3.63, 3.8) is 0 Å². The number of rotatable bonds is 3. The van der Waals surface area contributed by atoms with E-state index in [1.807, 2.05) is 0 Å². The van der Waals surface area contributed by atoms with Crippen molar-refractivity contribution in [3.05, 3.63) is 29.8 Å². The van der Waals surface area contributed by atoms with Gasteiger partial charge in [0.05, 0.1) is 7.11 Å². The Morgan fingerprint density at radius 2 is 2.14 bits per heavy atom. The predicted molar refractivity (Wildman–Crippen MR) is 73.4 cm³/mol. The van der Waals surface area contributed by atoms with Crippen molar-refractivity contribution in [3.8, 4) is 0 Å². The summed E-state index contributed by atoms with van der Waals surface area (Å²) >= 11 is 1.27. The fourth-order valence-corrected chi connectivity index (χ4v) is 4.80. The van der Waals surface area contributed by atoms with Crippen LogP contribution in [0.3, 0.4) is 0 Å². The first-order valence-corrected chi connectivity index (χ1v) is 8.50. The number of nitrogens with zero attached hydrogens (tertiary/aromatic N) is 1. The number of carbonyl (C=O) groups is 1. The van der Waals surface area contributed by atoms with Crippen molar-refractivity contribution in [2.75, 3.05) is 26.0 Å². The molecule has 0 spiro atoms. The summed E-state index contributed by atoms with van der Waals surface area (Å²) in [5.74, 6) is -2.04. The number of hydrogen-bond acceptors (Lipinski definition) is 5. The van der Waals surface area contributed by atoms with E-state index in [1.165, 1.54) is 18.9 Å². The van der Waals surface area contributed by atoms with Crippen LogP contribution in [0.5, 0.6) is 0 Å². The Kier molecular flexibility index (Phi) is 4.84. The SMILES string of the molecule is COC(=O)[C@@H]1CN(S(=O)(=O)c2cc(F)ccc2F)CCS1. The van der Waals surface area contributed by atoms with E-state index in [2.05, 4.69) is 4.74 Å². The van der Waals surface area contributed by atoms with Crippen LogP contribution < -0.4 is 0 Å². The average Bonchev–Trinajstić information content (AvgIpc) is 2.49. The molecule has 0 N–H and O–H groups in total. The number of thioether (sulfide) groups is 1. The lowest BCUT2D eigenvalue weighted by atomic mass is 10.3. The molecule has 2 rings (SSSR count). The van der Waals surface area contributed by atoms with E-state index < -0.39 is 37.8 Å². The molecule has 0 aliphatic carbocycles. The highest BCUT2D eigenvalue weighted by molar-refractivity contribution is 8.00. The largest absolute Gasteiger partial charge is 0.468 e. The molecule has 1 fully saturated rings. The zero-order valence-corrected chi connectivity index (χ0v) is 12.7. The highest BCUT2D eigenvalue weighted by atomic mass is 32.2. The first kappa shape index (κ1) is 16.2. The van der Waals surface area contributed by atoms with Crippen molar-refractivity contribution in [2.45, 2.75) is 10.1 Å². The third-order valence-electron chi connectivity index (χ3n) is 3.00. The minimum Gasteiger partial charge on any atom is -0.468 e. The molecule has 1 heterocycles. The lowest BCUT2D eigenvalue weighted by Gasteiger charge is -2.30. The lowest BCUT2D eigenvalue weighted by molar-refractivity contribution is -0.140. The number of sulfonamides is 1. The van der Waals surface area contributed by atoms with E-state index in [0.29, 0.717) is 11.8 Å². The van der Waals surface area contributed by atoms with Gasteiger partial charge in [0.1, 0.15) is 21.8 Å². The van der Waals surface area contributed by atoms with Gasteiger partial charge in [0.25, 0.3) is 0 Å². The molecule has 21 heavy (non-hydrogen) atoms. The maximum absolute atomic E-state index is 13.7. The molecule has 1 aromatic carbocycles. The third-order valence-corrected chi connectivity index (χ3v) is 6.05. The summed E-state index contributed by atoms with van der Waals surface area (Å²) in [4.78, 5) is 10.8. The third kappa shape index (κ3) is 3.35. The van der Waals surface area contributed by atoms with E-state index in [9.17, 15) is 22.0 Å². The molecule has 1 aliphatic rings. The fourth-order valence-electron chi connectivity index (χ4n) is 1.93. The van der Waals surface area contributed by atoms with E-state index >= 15 is 0 Å². The van der Waals surface area contributed by atoms with Gasteiger partial charge < -0.3 is 4.74 Å². The summed E-state index contributed by atoms with van der Waals surface area (Å²) in [7, 11) is -2.98. The fraction of sp³-hybridized carbons (Fsp3) is 0.417. The van der Waals surface area contributed by atoms with Crippen molar-refractivity contribution in [2.24, 2.45) is 0 Å². The molecule has 0 unspecified atom stereocenters. The van der Waals surface area contributed by atoms with Crippen LogP contribution in [0, 0.1) is 11.6 Å². The summed E-state index contributed by atoms with van der Waals surface area (Å²) in [6, 6.07) is 2.25. The standard InChI is InChI=1S/C12H13F2NO4S2/c1-19-12(16)10-7-15(4-5-20-10)21(17,18)11-6-8(13)2-3-9(11)14/h2-3,6,10H,4-5,7H2,1H3/t10-/m0/s1. The molecule has 0 radical (unpaired) electrons. The Morgan fingerprint density at radius 1 is 1.43 bits per heavy atom. The van der Waals surface area contributed by atoms with Crippen LogP contribution >= 0.6 is 11.8 Å². The Balaban J connectivity index is 2.31. The number of ether oxygens (including phenoxy) is 1. The smallest absolute Gasteiger partial charge is 0.320 e. The zero-order valence-electron chi connectivity index (χ0n) is 11.1. The monoisotopic (exact) mass is 337 g/mol. The molecule has 0 bridgehead atoms. The first-order chi connectivity index (χ1) is 9.86. The minimum atomic E-state index is -4.19. The van der Waals surface area contributed by atoms with Crippen LogP contribution in [0.4, 0.5) is 8.78 Å². The molecule has 1 atom stereocenters. The number of hydrogen-bond donors (Lipinski definition) is 0. The van der Waals surface area contributed by atoms with Gasteiger partial charge in [-0.2, -0.15) is 4.31 Å². The quantitative estimate of drug-likeness (QED) is 0.777. The van der Waals surface area contributed by atoms with Gasteiger partial charge in [0.2, 0.25) is 10.0 Å². The predicted octanol–water partition coefficient (Wildman–Crippen LogP) is 1.24. The summed E-state index contributed by atoms with van der Waals surface area (Å²) in [5, 5.41) is -0.671. The minimum absolute atomic E-state index is 0.121. The number of benzene rings is 1. The van der Waals surface area contributed by atoms with E-state index in [1.54, 1.807) is 0 Å². The van der Waals surface area contributed by atoms with Crippen molar-refractivity contribution in [1.82, 2.24) is 4.31 Å². The normalized spacial score (nSPS) is 20.2. The number of methoxy groups -OCH3 is 1. The second-order valence-corrected chi connectivity index (χ2v) is 7.54. The van der Waals surface area contributed by atoms with Gasteiger partial charge in [0.15, 0.2) is 0 Å². The van der Waals surface area contributed by atoms with Crippen LogP contribution in [-0.4, -0.2) is 49.9 Å². The zero-order chi connectivity index (χ0) is 15.6. The molecule has 5 nitrogen and oxygen atoms in total. The van der Waals surface area contributed by atoms with E-state index in [0.717, 1.165) is 16.4 Å². The molecule has 0 aromatic heterocycles. The number of halogens is 2. The summed E-state index contributed by atoms with van der Waals surface area (Å²) < 4.78 is 57.2. The summed E-state index contributed by atoms with van der Waals surface area (Å²) in [6.07, 6.45) is 0. The second kappa shape index (κ2) is 6.29. The Morgan fingerprint density at radius 3 is 2.81 bits per heavy atom. The maximum atomic E-state index is 13.7. The molecule has 1 aliphatic heterocycles. The molecule has 0 amide bonds. The van der Waals surface area contributed by atoms with Crippen molar-refractivity contribution < 1.29 is 26.7 Å². The summed E-state index contributed by atoms with van der Waals surface area (Å²) in [5.41, 5.74) is 0. The van der Waals surface area contributed by atoms with Crippen LogP contribution in [0.25, 0.3) is 0 Å². The first-order valence-electron chi connectivity index (χ1n) is 6.01. The van der Waals surface area contributed by atoms with E-state index in [-0.39, 0.29) is 13.1 Å².